The second kappa shape index (κ2) is 5.75. The van der Waals surface area contributed by atoms with Gasteiger partial charge in [-0.25, -0.2) is 0 Å². The lowest BCUT2D eigenvalue weighted by molar-refractivity contribution is 0.0570. The van der Waals surface area contributed by atoms with Gasteiger partial charge in [0.1, 0.15) is 7.11 Å². The molecular formula is C14H38O3Si5. The molecule has 0 spiro atoms. The van der Waals surface area contributed by atoms with E-state index in [0.717, 1.165) is 0 Å². The fourth-order valence-corrected chi connectivity index (χ4v) is 45.6. The van der Waals surface area contributed by atoms with Crippen LogP contribution in [0.5, 0.6) is 0 Å². The van der Waals surface area contributed by atoms with E-state index >= 15 is 0 Å². The van der Waals surface area contributed by atoms with Crippen LogP contribution in [0.1, 0.15) is 13.8 Å². The van der Waals surface area contributed by atoms with Crippen LogP contribution in [0.25, 0.3) is 0 Å². The number of hydrogen-bond acceptors (Lipinski definition) is 3. The van der Waals surface area contributed by atoms with Crippen LogP contribution >= 0.6 is 0 Å². The van der Waals surface area contributed by atoms with Gasteiger partial charge in [-0.15, -0.1) is 0 Å². The first-order valence-corrected chi connectivity index (χ1v) is 25.2. The van der Waals surface area contributed by atoms with E-state index in [1.165, 1.54) is 6.04 Å². The summed E-state index contributed by atoms with van der Waals surface area (Å²) in [5.74, 6) is 0. The van der Waals surface area contributed by atoms with Gasteiger partial charge in [0.25, 0.3) is 0 Å². The summed E-state index contributed by atoms with van der Waals surface area (Å²) in [6.07, 6.45) is 0. The van der Waals surface area contributed by atoms with Gasteiger partial charge in [-0.2, -0.15) is 0 Å². The third-order valence-corrected chi connectivity index (χ3v) is 45.4. The van der Waals surface area contributed by atoms with Crippen molar-refractivity contribution in [1.82, 2.24) is 0 Å². The van der Waals surface area contributed by atoms with Gasteiger partial charge in [-0.05, 0) is 59.2 Å². The highest BCUT2D eigenvalue weighted by molar-refractivity contribution is 7.66. The zero-order valence-corrected chi connectivity index (χ0v) is 21.9. The summed E-state index contributed by atoms with van der Waals surface area (Å²) in [7, 11) is -9.25. The second-order valence-electron chi connectivity index (χ2n) is 10.5. The van der Waals surface area contributed by atoms with Crippen LogP contribution in [0.4, 0.5) is 0 Å². The third kappa shape index (κ3) is 4.53. The molecule has 0 aliphatic carbocycles. The lowest BCUT2D eigenvalue weighted by Gasteiger charge is -2.59. The Kier molecular flexibility index (Phi) is 5.49. The van der Waals surface area contributed by atoms with Crippen LogP contribution in [0.2, 0.25) is 71.5 Å². The van der Waals surface area contributed by atoms with Crippen molar-refractivity contribution in [3.63, 3.8) is 0 Å². The molecule has 0 saturated carbocycles. The third-order valence-electron chi connectivity index (χ3n) is 4.62. The predicted octanol–water partition coefficient (Wildman–Crippen LogP) is 5.01. The largest absolute Gasteiger partial charge is 0.446 e. The first-order chi connectivity index (χ1) is 9.33. The van der Waals surface area contributed by atoms with E-state index in [1.807, 2.05) is 0 Å². The van der Waals surface area contributed by atoms with Crippen molar-refractivity contribution in [2.75, 3.05) is 0 Å². The smallest absolute Gasteiger partial charge is 0.419 e. The fraction of sp³-hybridized carbons (Fsp3) is 1.00. The maximum absolute atomic E-state index is 6.89. The molecule has 0 aromatic rings. The molecule has 1 saturated heterocycles. The first-order valence-electron chi connectivity index (χ1n) is 8.43. The van der Waals surface area contributed by atoms with Crippen LogP contribution in [-0.2, 0) is 12.7 Å². The molecule has 1 fully saturated rings. The monoisotopic (exact) mass is 394 g/mol. The summed E-state index contributed by atoms with van der Waals surface area (Å²) >= 11 is 0. The van der Waals surface area contributed by atoms with Crippen molar-refractivity contribution in [3.05, 3.63) is 0 Å². The Balaban J connectivity index is 3.48. The van der Waals surface area contributed by atoms with Gasteiger partial charge < -0.3 is 12.7 Å². The predicted molar refractivity (Wildman–Crippen MR) is 110 cm³/mol. The molecule has 0 atom stereocenters. The van der Waals surface area contributed by atoms with Crippen LogP contribution in [0.3, 0.4) is 0 Å². The lowest BCUT2D eigenvalue weighted by atomic mass is 10.2. The molecule has 0 aromatic carbocycles. The quantitative estimate of drug-likeness (QED) is 0.627. The zero-order valence-electron chi connectivity index (χ0n) is 16.9. The molecule has 0 bridgehead atoms. The maximum Gasteiger partial charge on any atom is 0.446 e. The van der Waals surface area contributed by atoms with Gasteiger partial charge in [0.2, 0.25) is 0 Å². The van der Waals surface area contributed by atoms with Gasteiger partial charge in [0.05, 0.1) is 13.2 Å². The van der Waals surface area contributed by atoms with Crippen LogP contribution in [-0.4, -0.2) is 45.3 Å². The average Bonchev–Trinajstić information content (AvgIpc) is 2.05. The SMILES string of the molecule is CC1(C)C[Si](C)(C)[Si](C)(C)[Si](O[Si](C)(C)C)(O[Si](C)(C)C)O1. The van der Waals surface area contributed by atoms with Gasteiger partial charge in [0.15, 0.2) is 16.6 Å². The molecule has 1 aliphatic heterocycles. The highest BCUT2D eigenvalue weighted by atomic mass is 29.7. The molecule has 0 amide bonds. The van der Waals surface area contributed by atoms with Crippen molar-refractivity contribution in [3.8, 4) is 0 Å². The molecular weight excluding hydrogens is 357 g/mol. The van der Waals surface area contributed by atoms with Gasteiger partial charge in [-0.1, -0.05) is 26.2 Å². The Hall–Kier alpha value is 0.964. The molecule has 0 aromatic heterocycles. The Morgan fingerprint density at radius 1 is 0.818 bits per heavy atom. The maximum atomic E-state index is 6.89. The molecule has 0 radical (unpaired) electrons. The molecule has 1 rings (SSSR count). The van der Waals surface area contributed by atoms with Crippen molar-refractivity contribution < 1.29 is 12.7 Å². The Morgan fingerprint density at radius 3 is 1.50 bits per heavy atom. The molecule has 1 heterocycles. The highest BCUT2D eigenvalue weighted by Gasteiger charge is 2.71. The van der Waals surface area contributed by atoms with E-state index in [-0.39, 0.29) is 5.60 Å². The average molecular weight is 395 g/mol. The number of rotatable bonds is 4. The van der Waals surface area contributed by atoms with E-state index in [9.17, 15) is 0 Å². The van der Waals surface area contributed by atoms with Crippen molar-refractivity contribution in [1.29, 1.82) is 0 Å². The second-order valence-corrected chi connectivity index (χ2v) is 44.2. The normalized spacial score (nSPS) is 26.7. The summed E-state index contributed by atoms with van der Waals surface area (Å²) < 4.78 is 20.6. The summed E-state index contributed by atoms with van der Waals surface area (Å²) in [6, 6.07) is 1.22. The summed E-state index contributed by atoms with van der Waals surface area (Å²) in [4.78, 5) is 0. The Bertz CT molecular complexity index is 400. The Morgan fingerprint density at radius 2 is 1.18 bits per heavy atom. The molecule has 132 valence electrons. The standard InChI is InChI=1S/C14H38O3Si5/c1-14(2)13-20(9,10)21(11,12)22(15-14,16-18(3,4)5)17-19(6,7)8/h13H2,1-12H3. The highest BCUT2D eigenvalue weighted by Crippen LogP contribution is 2.46. The van der Waals surface area contributed by atoms with Crippen LogP contribution in [0, 0.1) is 0 Å². The molecule has 0 N–H and O–H groups in total. The molecule has 8 heteroatoms. The minimum Gasteiger partial charge on any atom is -0.419 e. The molecule has 22 heavy (non-hydrogen) atoms. The van der Waals surface area contributed by atoms with E-state index < -0.39 is 39.7 Å². The van der Waals surface area contributed by atoms with E-state index in [2.05, 4.69) is 79.3 Å². The van der Waals surface area contributed by atoms with E-state index in [4.69, 9.17) is 12.7 Å². The zero-order chi connectivity index (χ0) is 17.8. The van der Waals surface area contributed by atoms with Crippen LogP contribution < -0.4 is 0 Å². The summed E-state index contributed by atoms with van der Waals surface area (Å²) in [5.41, 5.74) is -0.107. The molecule has 1 aliphatic rings. The topological polar surface area (TPSA) is 27.7 Å². The minimum atomic E-state index is -2.63. The van der Waals surface area contributed by atoms with Gasteiger partial charge >= 0.3 is 8.32 Å². The van der Waals surface area contributed by atoms with Crippen LogP contribution in [0.15, 0.2) is 0 Å². The minimum absolute atomic E-state index is 0.107. The van der Waals surface area contributed by atoms with E-state index in [1.54, 1.807) is 0 Å². The van der Waals surface area contributed by atoms with Crippen molar-refractivity contribution in [2.24, 2.45) is 0 Å². The Labute approximate surface area is 143 Å². The first kappa shape index (κ1) is 21.0. The summed E-state index contributed by atoms with van der Waals surface area (Å²) in [5, 5.41) is 0. The number of hydrogen-bond donors (Lipinski definition) is 0. The van der Waals surface area contributed by atoms with Crippen molar-refractivity contribution >= 4 is 39.7 Å². The summed E-state index contributed by atoms with van der Waals surface area (Å²) in [6.45, 7) is 28.2. The molecule has 0 unspecified atom stereocenters. The van der Waals surface area contributed by atoms with Gasteiger partial charge in [0, 0.05) is 0 Å². The van der Waals surface area contributed by atoms with Crippen molar-refractivity contribution in [2.45, 2.75) is 91.0 Å². The molecule has 3 nitrogen and oxygen atoms in total. The van der Waals surface area contributed by atoms with Gasteiger partial charge in [-0.3, -0.25) is 0 Å². The lowest BCUT2D eigenvalue weighted by Crippen LogP contribution is -2.84. The fourth-order valence-electron chi connectivity index (χ4n) is 3.35. The van der Waals surface area contributed by atoms with E-state index in [0.29, 0.717) is 0 Å².